The Labute approximate surface area is 117 Å². The van der Waals surface area contributed by atoms with Crippen LogP contribution in [0.2, 0.25) is 0 Å². The van der Waals surface area contributed by atoms with Crippen molar-refractivity contribution in [1.82, 2.24) is 0 Å². The molecule has 0 radical (unpaired) electrons. The number of carboxylic acid groups (broad SMARTS) is 2. The minimum Gasteiger partial charge on any atom is -0.481 e. The van der Waals surface area contributed by atoms with Crippen molar-refractivity contribution < 1.29 is 24.6 Å². The number of nitrogens with two attached hydrogens (primary N) is 2. The Morgan fingerprint density at radius 1 is 1.15 bits per heavy atom. The summed E-state index contributed by atoms with van der Waals surface area (Å²) in [5, 5.41) is 18.0. The second-order valence-electron chi connectivity index (χ2n) is 5.53. The van der Waals surface area contributed by atoms with Gasteiger partial charge in [0.25, 0.3) is 0 Å². The molecule has 114 valence electrons. The van der Waals surface area contributed by atoms with E-state index >= 15 is 0 Å². The molecule has 0 heterocycles. The van der Waals surface area contributed by atoms with Gasteiger partial charge in [0.15, 0.2) is 5.78 Å². The van der Waals surface area contributed by atoms with Crippen LogP contribution in [0.5, 0.6) is 0 Å². The van der Waals surface area contributed by atoms with Crippen molar-refractivity contribution in [3.63, 3.8) is 0 Å². The maximum absolute atomic E-state index is 11.9. The van der Waals surface area contributed by atoms with Crippen molar-refractivity contribution >= 4 is 17.7 Å². The Morgan fingerprint density at radius 2 is 1.70 bits per heavy atom. The number of ketones is 1. The number of carbonyl (C=O) groups is 3. The molecule has 1 aliphatic rings. The average Bonchev–Trinajstić information content (AvgIpc) is 2.38. The number of carbonyl (C=O) groups excluding carboxylic acids is 1. The lowest BCUT2D eigenvalue weighted by Gasteiger charge is -2.36. The molecule has 1 rings (SSSR count). The second kappa shape index (κ2) is 6.81. The third kappa shape index (κ3) is 4.01. The third-order valence-electron chi connectivity index (χ3n) is 4.01. The zero-order chi connectivity index (χ0) is 15.3. The van der Waals surface area contributed by atoms with Crippen LogP contribution in [-0.2, 0) is 14.4 Å². The Hall–Kier alpha value is -1.47. The second-order valence-corrected chi connectivity index (χ2v) is 5.53. The largest absolute Gasteiger partial charge is 0.481 e. The van der Waals surface area contributed by atoms with Crippen LogP contribution in [0.4, 0.5) is 0 Å². The van der Waals surface area contributed by atoms with E-state index in [1.54, 1.807) is 0 Å². The highest BCUT2D eigenvalue weighted by atomic mass is 16.4. The molecule has 20 heavy (non-hydrogen) atoms. The zero-order valence-corrected chi connectivity index (χ0v) is 11.4. The summed E-state index contributed by atoms with van der Waals surface area (Å²) in [4.78, 5) is 33.9. The van der Waals surface area contributed by atoms with Crippen LogP contribution in [-0.4, -0.2) is 39.5 Å². The van der Waals surface area contributed by atoms with Crippen LogP contribution in [0.3, 0.4) is 0 Å². The Balaban J connectivity index is 2.77. The quantitative estimate of drug-likeness (QED) is 0.520. The SMILES string of the molecule is NC(CC(=O)O)C(=O)CC(N)(C(=O)O)C1CCCCC1. The molecule has 1 aliphatic carbocycles. The minimum atomic E-state index is -1.65. The summed E-state index contributed by atoms with van der Waals surface area (Å²) in [6, 6.07) is -1.21. The molecular formula is C13H22N2O5. The lowest BCUT2D eigenvalue weighted by molar-refractivity contribution is -0.149. The fraction of sp³-hybridized carbons (Fsp3) is 0.769. The first kappa shape index (κ1) is 16.6. The van der Waals surface area contributed by atoms with E-state index in [2.05, 4.69) is 0 Å². The molecular weight excluding hydrogens is 264 g/mol. The van der Waals surface area contributed by atoms with Crippen LogP contribution in [0.25, 0.3) is 0 Å². The summed E-state index contributed by atoms with van der Waals surface area (Å²) >= 11 is 0. The normalized spacial score (nSPS) is 20.9. The summed E-state index contributed by atoms with van der Waals surface area (Å²) in [7, 11) is 0. The van der Waals surface area contributed by atoms with E-state index < -0.39 is 42.1 Å². The van der Waals surface area contributed by atoms with E-state index in [4.69, 9.17) is 16.6 Å². The van der Waals surface area contributed by atoms with Crippen molar-refractivity contribution in [2.24, 2.45) is 17.4 Å². The lowest BCUT2D eigenvalue weighted by Crippen LogP contribution is -2.57. The van der Waals surface area contributed by atoms with Crippen LogP contribution in [0, 0.1) is 5.92 Å². The molecule has 0 aromatic carbocycles. The molecule has 0 amide bonds. The first-order valence-electron chi connectivity index (χ1n) is 6.79. The molecule has 2 unspecified atom stereocenters. The third-order valence-corrected chi connectivity index (χ3v) is 4.01. The summed E-state index contributed by atoms with van der Waals surface area (Å²) in [5.74, 6) is -3.29. The van der Waals surface area contributed by atoms with E-state index in [-0.39, 0.29) is 5.92 Å². The molecule has 2 atom stereocenters. The molecule has 0 bridgehead atoms. The Kier molecular flexibility index (Phi) is 5.64. The molecule has 1 fully saturated rings. The molecule has 7 heteroatoms. The van der Waals surface area contributed by atoms with Gasteiger partial charge in [-0.15, -0.1) is 0 Å². The number of Topliss-reactive ketones (excluding diaryl/α,β-unsaturated/α-hetero) is 1. The van der Waals surface area contributed by atoms with E-state index in [1.165, 1.54) is 0 Å². The lowest BCUT2D eigenvalue weighted by atomic mass is 9.72. The predicted molar refractivity (Wildman–Crippen MR) is 71.0 cm³/mol. The maximum atomic E-state index is 11.9. The maximum Gasteiger partial charge on any atom is 0.324 e. The first-order chi connectivity index (χ1) is 9.27. The Morgan fingerprint density at radius 3 is 2.15 bits per heavy atom. The fourth-order valence-corrected chi connectivity index (χ4v) is 2.73. The molecule has 0 saturated heterocycles. The standard InChI is InChI=1S/C13H22N2O5/c14-9(6-11(17)18)10(16)7-13(15,12(19)20)8-4-2-1-3-5-8/h8-9H,1-7,14-15H2,(H,17,18)(H,19,20). The molecule has 1 saturated carbocycles. The zero-order valence-electron chi connectivity index (χ0n) is 11.4. The number of rotatable bonds is 7. The van der Waals surface area contributed by atoms with Gasteiger partial charge in [0.1, 0.15) is 5.54 Å². The van der Waals surface area contributed by atoms with Crippen molar-refractivity contribution in [1.29, 1.82) is 0 Å². The molecule has 0 aromatic heterocycles. The fourth-order valence-electron chi connectivity index (χ4n) is 2.73. The van der Waals surface area contributed by atoms with Gasteiger partial charge in [-0.3, -0.25) is 14.4 Å². The van der Waals surface area contributed by atoms with E-state index in [1.807, 2.05) is 0 Å². The van der Waals surface area contributed by atoms with Gasteiger partial charge in [-0.2, -0.15) is 0 Å². The van der Waals surface area contributed by atoms with Crippen molar-refractivity contribution in [3.8, 4) is 0 Å². The van der Waals surface area contributed by atoms with Gasteiger partial charge in [-0.25, -0.2) is 0 Å². The highest BCUT2D eigenvalue weighted by molar-refractivity contribution is 5.93. The summed E-state index contributed by atoms with van der Waals surface area (Å²) in [6.45, 7) is 0. The van der Waals surface area contributed by atoms with Gasteiger partial charge in [0.05, 0.1) is 12.5 Å². The number of hydrogen-bond acceptors (Lipinski definition) is 5. The van der Waals surface area contributed by atoms with Gasteiger partial charge >= 0.3 is 11.9 Å². The van der Waals surface area contributed by atoms with Crippen molar-refractivity contribution in [2.75, 3.05) is 0 Å². The van der Waals surface area contributed by atoms with Crippen molar-refractivity contribution in [3.05, 3.63) is 0 Å². The topological polar surface area (TPSA) is 144 Å². The predicted octanol–water partition coefficient (Wildman–Crippen LogP) is 0.110. The minimum absolute atomic E-state index is 0.269. The van der Waals surface area contributed by atoms with Gasteiger partial charge < -0.3 is 21.7 Å². The van der Waals surface area contributed by atoms with Crippen LogP contribution in [0.15, 0.2) is 0 Å². The summed E-state index contributed by atoms with van der Waals surface area (Å²) in [6.07, 6.45) is 3.24. The molecule has 0 spiro atoms. The van der Waals surface area contributed by atoms with Gasteiger partial charge in [-0.1, -0.05) is 19.3 Å². The van der Waals surface area contributed by atoms with Crippen LogP contribution < -0.4 is 11.5 Å². The number of carboxylic acids is 2. The number of hydrogen-bond donors (Lipinski definition) is 4. The Bertz CT molecular complexity index is 392. The molecule has 7 nitrogen and oxygen atoms in total. The molecule has 6 N–H and O–H groups in total. The van der Waals surface area contributed by atoms with E-state index in [0.717, 1.165) is 19.3 Å². The van der Waals surface area contributed by atoms with Gasteiger partial charge in [0.2, 0.25) is 0 Å². The van der Waals surface area contributed by atoms with E-state index in [9.17, 15) is 19.5 Å². The van der Waals surface area contributed by atoms with Crippen LogP contribution >= 0.6 is 0 Å². The molecule has 0 aromatic rings. The molecule has 0 aliphatic heterocycles. The smallest absolute Gasteiger partial charge is 0.324 e. The number of aliphatic carboxylic acids is 2. The van der Waals surface area contributed by atoms with Crippen LogP contribution in [0.1, 0.15) is 44.9 Å². The monoisotopic (exact) mass is 286 g/mol. The average molecular weight is 286 g/mol. The summed E-state index contributed by atoms with van der Waals surface area (Å²) in [5.41, 5.74) is 9.79. The van der Waals surface area contributed by atoms with Gasteiger partial charge in [0, 0.05) is 6.42 Å². The summed E-state index contributed by atoms with van der Waals surface area (Å²) < 4.78 is 0. The van der Waals surface area contributed by atoms with Gasteiger partial charge in [-0.05, 0) is 18.8 Å². The van der Waals surface area contributed by atoms with Crippen molar-refractivity contribution in [2.45, 2.75) is 56.5 Å². The first-order valence-corrected chi connectivity index (χ1v) is 6.79. The van der Waals surface area contributed by atoms with E-state index in [0.29, 0.717) is 12.8 Å². The highest BCUT2D eigenvalue weighted by Gasteiger charge is 2.44. The highest BCUT2D eigenvalue weighted by Crippen LogP contribution is 2.34.